The number of hydrogen-bond donors (Lipinski definition) is 2. The smallest absolute Gasteiger partial charge is 0.875 e. The van der Waals surface area contributed by atoms with Crippen molar-refractivity contribution in [2.45, 2.75) is 13.8 Å². The Kier molecular flexibility index (Phi) is 13.3. The Labute approximate surface area is 193 Å². The first kappa shape index (κ1) is 26.1. The van der Waals surface area contributed by atoms with Crippen LogP contribution in [0.5, 0.6) is 0 Å². The molecule has 0 bridgehead atoms. The van der Waals surface area contributed by atoms with Crippen LogP contribution in [0.15, 0.2) is 35.8 Å². The number of allylic oxidation sites excluding steroid dienone is 2. The normalized spacial score (nSPS) is 11.0. The second-order valence-corrected chi connectivity index (χ2v) is 5.11. The standard InChI is InChI=1S/C14H14Cl2N2O4.2Na/c1-7(19)3-13(21)17-11-5-10(16)12(6-9(11)15)18-14(22)4-8(2)20;;/h3-6,19-20H,1-2H3,(H,17,21)(H,18,22);;/q;2*+1/p-2/b7-3-,8-4+;;. The van der Waals surface area contributed by atoms with Gasteiger partial charge in [0.2, 0.25) is 11.8 Å². The van der Waals surface area contributed by atoms with Crippen LogP contribution in [0.2, 0.25) is 10.0 Å². The fraction of sp³-hybridized carbons (Fsp3) is 0.143. The number of hydrogen-bond acceptors (Lipinski definition) is 4. The van der Waals surface area contributed by atoms with E-state index in [4.69, 9.17) is 23.2 Å². The van der Waals surface area contributed by atoms with Crippen LogP contribution in [0, 0.1) is 0 Å². The third-order valence-corrected chi connectivity index (χ3v) is 2.87. The molecule has 1 aromatic rings. The van der Waals surface area contributed by atoms with Crippen molar-refractivity contribution >= 4 is 46.4 Å². The van der Waals surface area contributed by atoms with Crippen LogP contribution < -0.4 is 80.0 Å². The Morgan fingerprint density at radius 3 is 1.42 bits per heavy atom. The summed E-state index contributed by atoms with van der Waals surface area (Å²) in [5.41, 5.74) is 0.366. The quantitative estimate of drug-likeness (QED) is 0.307. The minimum atomic E-state index is -0.646. The van der Waals surface area contributed by atoms with Crippen LogP contribution in [0.25, 0.3) is 0 Å². The molecule has 1 aromatic carbocycles. The zero-order valence-electron chi connectivity index (χ0n) is 13.7. The van der Waals surface area contributed by atoms with E-state index in [0.29, 0.717) is 0 Å². The molecule has 0 aliphatic heterocycles. The Balaban J connectivity index is 0. The van der Waals surface area contributed by atoms with Crippen molar-refractivity contribution in [1.29, 1.82) is 0 Å². The Morgan fingerprint density at radius 2 is 1.17 bits per heavy atom. The Bertz CT molecular complexity index is 613. The molecule has 0 heterocycles. The van der Waals surface area contributed by atoms with Gasteiger partial charge in [-0.25, -0.2) is 0 Å². The number of carbonyl (C=O) groups excluding carboxylic acids is 2. The summed E-state index contributed by atoms with van der Waals surface area (Å²) in [7, 11) is 0. The van der Waals surface area contributed by atoms with E-state index >= 15 is 0 Å². The van der Waals surface area contributed by atoms with Gasteiger partial charge in [0.1, 0.15) is 0 Å². The maximum atomic E-state index is 11.5. The van der Waals surface area contributed by atoms with E-state index in [1.165, 1.54) is 26.0 Å². The van der Waals surface area contributed by atoms with E-state index < -0.39 is 23.3 Å². The van der Waals surface area contributed by atoms with E-state index in [-0.39, 0.29) is 80.5 Å². The average Bonchev–Trinajstić information content (AvgIpc) is 2.33. The molecule has 0 aliphatic rings. The van der Waals surface area contributed by atoms with Gasteiger partial charge in [-0.15, -0.1) is 11.5 Å². The largest absolute Gasteiger partial charge is 1.00 e. The minimum Gasteiger partial charge on any atom is -0.875 e. The second kappa shape index (κ2) is 12.2. The molecule has 6 nitrogen and oxygen atoms in total. The van der Waals surface area contributed by atoms with Crippen LogP contribution in [0.4, 0.5) is 11.4 Å². The predicted molar refractivity (Wildman–Crippen MR) is 81.2 cm³/mol. The Morgan fingerprint density at radius 1 is 0.875 bits per heavy atom. The third kappa shape index (κ3) is 9.34. The number of anilines is 2. The number of carbonyl (C=O) groups is 2. The molecule has 118 valence electrons. The molecule has 24 heavy (non-hydrogen) atoms. The average molecular weight is 389 g/mol. The molecule has 2 amide bonds. The Hall–Kier alpha value is -0.180. The van der Waals surface area contributed by atoms with E-state index in [9.17, 15) is 19.8 Å². The van der Waals surface area contributed by atoms with Gasteiger partial charge < -0.3 is 20.8 Å². The van der Waals surface area contributed by atoms with Gasteiger partial charge in [-0.2, -0.15) is 0 Å². The molecular formula is C14H12Cl2N2Na2O4. The monoisotopic (exact) mass is 388 g/mol. The third-order valence-electron chi connectivity index (χ3n) is 2.24. The summed E-state index contributed by atoms with van der Waals surface area (Å²) >= 11 is 11.9. The van der Waals surface area contributed by atoms with Crippen molar-refractivity contribution in [3.8, 4) is 0 Å². The van der Waals surface area contributed by atoms with Crippen molar-refractivity contribution in [2.75, 3.05) is 10.6 Å². The zero-order valence-corrected chi connectivity index (χ0v) is 19.2. The number of benzene rings is 1. The number of amides is 2. The van der Waals surface area contributed by atoms with Crippen LogP contribution in [-0.2, 0) is 9.59 Å². The van der Waals surface area contributed by atoms with Gasteiger partial charge in [0, 0.05) is 0 Å². The van der Waals surface area contributed by atoms with E-state index in [0.717, 1.165) is 12.2 Å². The summed E-state index contributed by atoms with van der Waals surface area (Å²) in [6.45, 7) is 2.47. The molecule has 10 heteroatoms. The summed E-state index contributed by atoms with van der Waals surface area (Å²) in [5.74, 6) is -2.12. The molecule has 0 spiro atoms. The first-order valence-electron chi connectivity index (χ1n) is 6.00. The molecule has 0 atom stereocenters. The van der Waals surface area contributed by atoms with Gasteiger partial charge in [-0.3, -0.25) is 9.59 Å². The van der Waals surface area contributed by atoms with Gasteiger partial charge in [0.15, 0.2) is 0 Å². The maximum absolute atomic E-state index is 11.5. The summed E-state index contributed by atoms with van der Waals surface area (Å²) < 4.78 is 0. The summed E-state index contributed by atoms with van der Waals surface area (Å²) in [6.07, 6.45) is 1.73. The number of nitrogens with one attached hydrogen (secondary N) is 2. The van der Waals surface area contributed by atoms with Crippen molar-refractivity contribution in [1.82, 2.24) is 0 Å². The van der Waals surface area contributed by atoms with E-state index in [2.05, 4.69) is 10.6 Å². The minimum absolute atomic E-state index is 0. The molecule has 2 N–H and O–H groups in total. The molecule has 0 unspecified atom stereocenters. The second-order valence-electron chi connectivity index (χ2n) is 4.30. The number of rotatable bonds is 4. The van der Waals surface area contributed by atoms with Crippen LogP contribution in [-0.4, -0.2) is 11.8 Å². The zero-order chi connectivity index (χ0) is 16.9. The van der Waals surface area contributed by atoms with Crippen LogP contribution in [0.1, 0.15) is 13.8 Å². The van der Waals surface area contributed by atoms with Crippen LogP contribution in [0.3, 0.4) is 0 Å². The van der Waals surface area contributed by atoms with Crippen molar-refractivity contribution in [3.05, 3.63) is 45.8 Å². The van der Waals surface area contributed by atoms with Gasteiger partial charge in [-0.1, -0.05) is 37.0 Å². The summed E-state index contributed by atoms with van der Waals surface area (Å²) in [6, 6.07) is 2.64. The fourth-order valence-corrected chi connectivity index (χ4v) is 1.87. The van der Waals surface area contributed by atoms with Gasteiger partial charge >= 0.3 is 59.1 Å². The number of halogens is 2. The molecule has 0 fully saturated rings. The molecular weight excluding hydrogens is 377 g/mol. The molecule has 0 saturated carbocycles. The fourth-order valence-electron chi connectivity index (χ4n) is 1.45. The van der Waals surface area contributed by atoms with Gasteiger partial charge in [0.25, 0.3) is 0 Å². The SMILES string of the molecule is C/C([O-])=C/C(=O)Nc1cc(Cl)c(NC(=O)/C=C(\C)[O-])cc1Cl.[Na+].[Na+]. The van der Waals surface area contributed by atoms with Crippen molar-refractivity contribution < 1.29 is 78.9 Å². The molecule has 0 saturated heterocycles. The van der Waals surface area contributed by atoms with Crippen molar-refractivity contribution in [3.63, 3.8) is 0 Å². The van der Waals surface area contributed by atoms with Gasteiger partial charge in [0.05, 0.1) is 21.4 Å². The summed E-state index contributed by atoms with van der Waals surface area (Å²) in [5, 5.41) is 26.6. The maximum Gasteiger partial charge on any atom is 1.00 e. The molecule has 1 rings (SSSR count). The topological polar surface area (TPSA) is 104 Å². The first-order chi connectivity index (χ1) is 10.2. The van der Waals surface area contributed by atoms with E-state index in [1.807, 2.05) is 0 Å². The molecule has 0 aromatic heterocycles. The van der Waals surface area contributed by atoms with Crippen LogP contribution >= 0.6 is 23.2 Å². The summed E-state index contributed by atoms with van der Waals surface area (Å²) in [4.78, 5) is 22.9. The van der Waals surface area contributed by atoms with Crippen molar-refractivity contribution in [2.24, 2.45) is 0 Å². The molecule has 0 aliphatic carbocycles. The predicted octanol–water partition coefficient (Wildman–Crippen LogP) is -4.59. The first-order valence-corrected chi connectivity index (χ1v) is 6.76. The van der Waals surface area contributed by atoms with Gasteiger partial charge in [-0.05, 0) is 24.3 Å². The van der Waals surface area contributed by atoms with E-state index in [1.54, 1.807) is 0 Å². The molecule has 0 radical (unpaired) electrons.